The van der Waals surface area contributed by atoms with Crippen LogP contribution in [0.25, 0.3) is 16.6 Å². The zero-order valence-corrected chi connectivity index (χ0v) is 13.7. The Morgan fingerprint density at radius 3 is 2.57 bits per heavy atom. The van der Waals surface area contributed by atoms with E-state index in [1.165, 1.54) is 13.2 Å². The smallest absolute Gasteiger partial charge is 0.340 e. The number of rotatable bonds is 3. The zero-order valence-electron chi connectivity index (χ0n) is 12.1. The molecule has 1 N–H and O–H groups in total. The largest absolute Gasteiger partial charge is 0.478 e. The molecular formula is C17H12BrNO4. The maximum absolute atomic E-state index is 12.0. The summed E-state index contributed by atoms with van der Waals surface area (Å²) in [5.41, 5.74) is 1.73. The Morgan fingerprint density at radius 2 is 1.87 bits per heavy atom. The summed E-state index contributed by atoms with van der Waals surface area (Å²) in [6.07, 6.45) is 1.60. The van der Waals surface area contributed by atoms with Crippen molar-refractivity contribution in [2.24, 2.45) is 0 Å². The normalized spacial score (nSPS) is 10.7. The summed E-state index contributed by atoms with van der Waals surface area (Å²) in [5.74, 6) is -1.50. The van der Waals surface area contributed by atoms with Crippen molar-refractivity contribution < 1.29 is 19.4 Å². The number of benzene rings is 2. The number of hydrogen-bond acceptors (Lipinski definition) is 3. The lowest BCUT2D eigenvalue weighted by Crippen LogP contribution is -2.05. The van der Waals surface area contributed by atoms with Gasteiger partial charge in [-0.1, -0.05) is 34.1 Å². The SMILES string of the molecule is COC(=O)c1cn(-c2cc(Br)ccc2C(=O)O)c2ccccc12. The Bertz CT molecular complexity index is 929. The Balaban J connectivity index is 2.36. The van der Waals surface area contributed by atoms with Crippen LogP contribution in [0.1, 0.15) is 20.7 Å². The molecule has 6 heteroatoms. The van der Waals surface area contributed by atoms with Crippen molar-refractivity contribution in [2.45, 2.75) is 0 Å². The molecule has 5 nitrogen and oxygen atoms in total. The van der Waals surface area contributed by atoms with Crippen LogP contribution >= 0.6 is 15.9 Å². The lowest BCUT2D eigenvalue weighted by atomic mass is 10.1. The molecule has 23 heavy (non-hydrogen) atoms. The van der Waals surface area contributed by atoms with Crippen LogP contribution in [0.5, 0.6) is 0 Å². The maximum Gasteiger partial charge on any atom is 0.340 e. The monoisotopic (exact) mass is 373 g/mol. The summed E-state index contributed by atoms with van der Waals surface area (Å²) in [4.78, 5) is 23.5. The van der Waals surface area contributed by atoms with E-state index < -0.39 is 11.9 Å². The first-order valence-corrected chi connectivity index (χ1v) is 7.54. The second kappa shape index (κ2) is 5.89. The minimum Gasteiger partial charge on any atom is -0.478 e. The fraction of sp³-hybridized carbons (Fsp3) is 0.0588. The second-order valence-corrected chi connectivity index (χ2v) is 5.80. The Labute approximate surface area is 140 Å². The number of aromatic nitrogens is 1. The first kappa shape index (κ1) is 15.3. The highest BCUT2D eigenvalue weighted by molar-refractivity contribution is 9.10. The summed E-state index contributed by atoms with van der Waals surface area (Å²) in [7, 11) is 1.32. The molecule has 0 spiro atoms. The molecule has 0 aliphatic carbocycles. The molecule has 0 unspecified atom stereocenters. The standard InChI is InChI=1S/C17H12BrNO4/c1-23-17(22)13-9-19(14-5-3-2-4-11(13)14)15-8-10(18)6-7-12(15)16(20)21/h2-9H,1H3,(H,20,21). The highest BCUT2D eigenvalue weighted by Crippen LogP contribution is 2.29. The first-order valence-electron chi connectivity index (χ1n) is 6.74. The van der Waals surface area contributed by atoms with Crippen LogP contribution in [0.15, 0.2) is 53.1 Å². The molecule has 0 bridgehead atoms. The summed E-state index contributed by atoms with van der Waals surface area (Å²) in [6, 6.07) is 12.2. The number of aromatic carboxylic acids is 1. The van der Waals surface area contributed by atoms with Crippen molar-refractivity contribution in [2.75, 3.05) is 7.11 Å². The van der Waals surface area contributed by atoms with E-state index in [0.29, 0.717) is 16.6 Å². The van der Waals surface area contributed by atoms with Crippen LogP contribution in [-0.4, -0.2) is 28.7 Å². The molecule has 0 atom stereocenters. The van der Waals surface area contributed by atoms with Crippen molar-refractivity contribution in [1.29, 1.82) is 0 Å². The number of hydrogen-bond donors (Lipinski definition) is 1. The van der Waals surface area contributed by atoms with Crippen molar-refractivity contribution in [3.63, 3.8) is 0 Å². The number of nitrogens with zero attached hydrogens (tertiary/aromatic N) is 1. The predicted molar refractivity (Wildman–Crippen MR) is 89.3 cm³/mol. The average Bonchev–Trinajstić information content (AvgIpc) is 2.93. The average molecular weight is 374 g/mol. The van der Waals surface area contributed by atoms with E-state index in [9.17, 15) is 14.7 Å². The fourth-order valence-corrected chi connectivity index (χ4v) is 2.89. The molecule has 0 saturated heterocycles. The van der Waals surface area contributed by atoms with Gasteiger partial charge in [-0.15, -0.1) is 0 Å². The molecular weight excluding hydrogens is 362 g/mol. The van der Waals surface area contributed by atoms with Crippen molar-refractivity contribution in [1.82, 2.24) is 4.57 Å². The number of carbonyl (C=O) groups excluding carboxylic acids is 1. The number of ether oxygens (including phenoxy) is 1. The van der Waals surface area contributed by atoms with E-state index in [2.05, 4.69) is 15.9 Å². The van der Waals surface area contributed by atoms with Crippen molar-refractivity contribution >= 4 is 38.8 Å². The van der Waals surface area contributed by atoms with Gasteiger partial charge in [0.25, 0.3) is 0 Å². The molecule has 3 rings (SSSR count). The highest BCUT2D eigenvalue weighted by Gasteiger charge is 2.19. The van der Waals surface area contributed by atoms with Gasteiger partial charge >= 0.3 is 11.9 Å². The molecule has 3 aromatic rings. The number of methoxy groups -OCH3 is 1. The van der Waals surface area contributed by atoms with Gasteiger partial charge < -0.3 is 14.4 Å². The van der Waals surface area contributed by atoms with E-state index in [4.69, 9.17) is 4.74 Å². The molecule has 0 aliphatic rings. The van der Waals surface area contributed by atoms with Gasteiger partial charge in [-0.3, -0.25) is 0 Å². The topological polar surface area (TPSA) is 68.5 Å². The third-order valence-corrected chi connectivity index (χ3v) is 4.06. The highest BCUT2D eigenvalue weighted by atomic mass is 79.9. The van der Waals surface area contributed by atoms with Gasteiger partial charge in [0, 0.05) is 16.1 Å². The Hall–Kier alpha value is -2.60. The second-order valence-electron chi connectivity index (χ2n) is 4.89. The third-order valence-electron chi connectivity index (χ3n) is 3.57. The zero-order chi connectivity index (χ0) is 16.6. The number of carboxylic acids is 1. The van der Waals surface area contributed by atoms with E-state index in [1.807, 2.05) is 18.2 Å². The molecule has 1 aromatic heterocycles. The van der Waals surface area contributed by atoms with Gasteiger partial charge in [-0.25, -0.2) is 9.59 Å². The lowest BCUT2D eigenvalue weighted by molar-refractivity contribution is 0.0602. The van der Waals surface area contributed by atoms with Crippen LogP contribution < -0.4 is 0 Å². The Kier molecular flexibility index (Phi) is 3.92. The fourth-order valence-electron chi connectivity index (χ4n) is 2.54. The molecule has 0 saturated carbocycles. The summed E-state index contributed by atoms with van der Waals surface area (Å²) in [6.45, 7) is 0. The van der Waals surface area contributed by atoms with Gasteiger partial charge in [-0.05, 0) is 24.3 Å². The lowest BCUT2D eigenvalue weighted by Gasteiger charge is -2.09. The number of carboxylic acid groups (broad SMARTS) is 1. The van der Waals surface area contributed by atoms with Crippen LogP contribution in [-0.2, 0) is 4.74 Å². The molecule has 1 heterocycles. The maximum atomic E-state index is 12.0. The van der Waals surface area contributed by atoms with Gasteiger partial charge in [0.1, 0.15) is 0 Å². The number of halogens is 1. The molecule has 0 aliphatic heterocycles. The number of para-hydroxylation sites is 1. The summed E-state index contributed by atoms with van der Waals surface area (Å²) < 4.78 is 7.25. The predicted octanol–water partition coefficient (Wildman–Crippen LogP) is 3.88. The third kappa shape index (κ3) is 2.61. The molecule has 0 fully saturated rings. The van der Waals surface area contributed by atoms with Gasteiger partial charge in [0.05, 0.1) is 29.4 Å². The van der Waals surface area contributed by atoms with Gasteiger partial charge in [-0.2, -0.15) is 0 Å². The quantitative estimate of drug-likeness (QED) is 0.707. The van der Waals surface area contributed by atoms with E-state index >= 15 is 0 Å². The van der Waals surface area contributed by atoms with Crippen LogP contribution in [0.4, 0.5) is 0 Å². The van der Waals surface area contributed by atoms with Crippen molar-refractivity contribution in [3.8, 4) is 5.69 Å². The number of esters is 1. The van der Waals surface area contributed by atoms with Gasteiger partial charge in [0.2, 0.25) is 0 Å². The summed E-state index contributed by atoms with van der Waals surface area (Å²) in [5, 5.41) is 10.1. The van der Waals surface area contributed by atoms with Crippen LogP contribution in [0.2, 0.25) is 0 Å². The van der Waals surface area contributed by atoms with E-state index in [1.54, 1.807) is 29.0 Å². The number of fused-ring (bicyclic) bond motifs is 1. The van der Waals surface area contributed by atoms with Gasteiger partial charge in [0.15, 0.2) is 0 Å². The molecule has 2 aromatic carbocycles. The Morgan fingerprint density at radius 1 is 1.13 bits per heavy atom. The molecule has 0 amide bonds. The molecule has 0 radical (unpaired) electrons. The van der Waals surface area contributed by atoms with E-state index in [0.717, 1.165) is 9.99 Å². The minimum absolute atomic E-state index is 0.144. The molecule has 116 valence electrons. The van der Waals surface area contributed by atoms with E-state index in [-0.39, 0.29) is 5.56 Å². The summed E-state index contributed by atoms with van der Waals surface area (Å²) >= 11 is 3.36. The van der Waals surface area contributed by atoms with Crippen molar-refractivity contribution in [3.05, 3.63) is 64.3 Å². The van der Waals surface area contributed by atoms with Crippen LogP contribution in [0, 0.1) is 0 Å². The minimum atomic E-state index is -1.04. The number of carbonyl (C=O) groups is 2. The van der Waals surface area contributed by atoms with Crippen LogP contribution in [0.3, 0.4) is 0 Å². The first-order chi connectivity index (χ1) is 11.0.